The van der Waals surface area contributed by atoms with Gasteiger partial charge in [-0.25, -0.2) is 0 Å². The van der Waals surface area contributed by atoms with Crippen molar-refractivity contribution in [1.29, 1.82) is 0 Å². The Labute approximate surface area is 89.7 Å². The maximum absolute atomic E-state index is 5.63. The average Bonchev–Trinajstić information content (AvgIpc) is 2.68. The monoisotopic (exact) mass is 203 g/mol. The van der Waals surface area contributed by atoms with E-state index >= 15 is 0 Å². The first-order chi connectivity index (χ1) is 7.35. The zero-order valence-corrected chi connectivity index (χ0v) is 9.01. The van der Waals surface area contributed by atoms with Gasteiger partial charge in [-0.05, 0) is 29.8 Å². The quantitative estimate of drug-likeness (QED) is 0.709. The third kappa shape index (κ3) is 2.03. The number of hydrogen-bond donors (Lipinski definition) is 3. The van der Waals surface area contributed by atoms with Crippen LogP contribution in [0.4, 0.5) is 0 Å². The Bertz CT molecular complexity index is 445. The van der Waals surface area contributed by atoms with Crippen LogP contribution in [-0.2, 0) is 13.1 Å². The van der Waals surface area contributed by atoms with Crippen LogP contribution in [-0.4, -0.2) is 11.5 Å². The minimum Gasteiger partial charge on any atom is -0.361 e. The van der Waals surface area contributed by atoms with Gasteiger partial charge in [0.2, 0.25) is 0 Å². The molecule has 0 radical (unpaired) electrons. The van der Waals surface area contributed by atoms with Crippen LogP contribution in [0.15, 0.2) is 24.4 Å². The third-order valence-electron chi connectivity index (χ3n) is 2.63. The Kier molecular flexibility index (Phi) is 3.04. The van der Waals surface area contributed by atoms with Gasteiger partial charge >= 0.3 is 0 Å². The van der Waals surface area contributed by atoms with Gasteiger partial charge in [0.05, 0.1) is 0 Å². The van der Waals surface area contributed by atoms with Crippen LogP contribution in [0, 0.1) is 0 Å². The van der Waals surface area contributed by atoms with Crippen molar-refractivity contribution in [3.63, 3.8) is 0 Å². The summed E-state index contributed by atoms with van der Waals surface area (Å²) in [5.41, 5.74) is 9.30. The van der Waals surface area contributed by atoms with Crippen molar-refractivity contribution in [1.82, 2.24) is 10.3 Å². The van der Waals surface area contributed by atoms with Gasteiger partial charge in [-0.15, -0.1) is 0 Å². The smallest absolute Gasteiger partial charge is 0.0457 e. The SMILES string of the molecule is CCNCc1c[nH]c2ccc(CN)cc12. The van der Waals surface area contributed by atoms with E-state index < -0.39 is 0 Å². The molecule has 2 aromatic rings. The summed E-state index contributed by atoms with van der Waals surface area (Å²) in [6, 6.07) is 6.32. The molecular weight excluding hydrogens is 186 g/mol. The summed E-state index contributed by atoms with van der Waals surface area (Å²) in [7, 11) is 0. The lowest BCUT2D eigenvalue weighted by Gasteiger charge is -2.01. The molecule has 0 unspecified atom stereocenters. The van der Waals surface area contributed by atoms with E-state index in [1.165, 1.54) is 22.0 Å². The predicted octanol–water partition coefficient (Wildman–Crippen LogP) is 1.74. The van der Waals surface area contributed by atoms with E-state index in [0.717, 1.165) is 13.1 Å². The van der Waals surface area contributed by atoms with Gasteiger partial charge in [0.15, 0.2) is 0 Å². The fourth-order valence-corrected chi connectivity index (χ4v) is 1.76. The molecular formula is C12H17N3. The number of nitrogens with two attached hydrogens (primary N) is 1. The van der Waals surface area contributed by atoms with Crippen molar-refractivity contribution in [2.45, 2.75) is 20.0 Å². The zero-order chi connectivity index (χ0) is 10.7. The van der Waals surface area contributed by atoms with Gasteiger partial charge in [0, 0.05) is 30.2 Å². The zero-order valence-electron chi connectivity index (χ0n) is 9.01. The molecule has 0 aliphatic carbocycles. The van der Waals surface area contributed by atoms with Crippen molar-refractivity contribution in [2.75, 3.05) is 6.54 Å². The van der Waals surface area contributed by atoms with Crippen molar-refractivity contribution in [3.8, 4) is 0 Å². The van der Waals surface area contributed by atoms with Crippen LogP contribution in [0.25, 0.3) is 10.9 Å². The number of nitrogens with one attached hydrogen (secondary N) is 2. The third-order valence-corrected chi connectivity index (χ3v) is 2.63. The second-order valence-corrected chi connectivity index (χ2v) is 3.68. The number of aromatic amines is 1. The van der Waals surface area contributed by atoms with E-state index in [-0.39, 0.29) is 0 Å². The minimum atomic E-state index is 0.599. The summed E-state index contributed by atoms with van der Waals surface area (Å²) in [6.45, 7) is 4.61. The number of fused-ring (bicyclic) bond motifs is 1. The first-order valence-corrected chi connectivity index (χ1v) is 5.34. The number of benzene rings is 1. The summed E-state index contributed by atoms with van der Waals surface area (Å²) in [6.07, 6.45) is 2.06. The maximum atomic E-state index is 5.63. The van der Waals surface area contributed by atoms with Gasteiger partial charge in [-0.2, -0.15) is 0 Å². The van der Waals surface area contributed by atoms with Crippen LogP contribution in [0.1, 0.15) is 18.1 Å². The first kappa shape index (κ1) is 10.2. The lowest BCUT2D eigenvalue weighted by atomic mass is 10.1. The number of H-pyrrole nitrogens is 1. The van der Waals surface area contributed by atoms with Crippen molar-refractivity contribution >= 4 is 10.9 Å². The van der Waals surface area contributed by atoms with Gasteiger partial charge in [0.25, 0.3) is 0 Å². The molecule has 3 nitrogen and oxygen atoms in total. The minimum absolute atomic E-state index is 0.599. The molecule has 3 heteroatoms. The molecule has 0 saturated heterocycles. The largest absolute Gasteiger partial charge is 0.361 e. The molecule has 2 rings (SSSR count). The highest BCUT2D eigenvalue weighted by atomic mass is 14.8. The fraction of sp³-hybridized carbons (Fsp3) is 0.333. The molecule has 0 spiro atoms. The molecule has 0 aliphatic rings. The number of hydrogen-bond acceptors (Lipinski definition) is 2. The standard InChI is InChI=1S/C12H17N3/c1-2-14-7-10-8-15-12-4-3-9(6-13)5-11(10)12/h3-5,8,14-15H,2,6-7,13H2,1H3. The Morgan fingerprint density at radius 3 is 3.00 bits per heavy atom. The van der Waals surface area contributed by atoms with E-state index in [4.69, 9.17) is 5.73 Å². The summed E-state index contributed by atoms with van der Waals surface area (Å²) in [5.74, 6) is 0. The number of aromatic nitrogens is 1. The molecule has 1 heterocycles. The van der Waals surface area contributed by atoms with Crippen molar-refractivity contribution in [2.24, 2.45) is 5.73 Å². The molecule has 0 aliphatic heterocycles. The van der Waals surface area contributed by atoms with Crippen molar-refractivity contribution in [3.05, 3.63) is 35.5 Å². The van der Waals surface area contributed by atoms with Crippen LogP contribution < -0.4 is 11.1 Å². The topological polar surface area (TPSA) is 53.8 Å². The van der Waals surface area contributed by atoms with Gasteiger partial charge in [-0.1, -0.05) is 13.0 Å². The highest BCUT2D eigenvalue weighted by Gasteiger charge is 2.03. The molecule has 0 fully saturated rings. The summed E-state index contributed by atoms with van der Waals surface area (Å²) in [5, 5.41) is 4.61. The molecule has 0 saturated carbocycles. The molecule has 4 N–H and O–H groups in total. The van der Waals surface area contributed by atoms with Crippen LogP contribution >= 0.6 is 0 Å². The fourth-order valence-electron chi connectivity index (χ4n) is 1.76. The predicted molar refractivity (Wildman–Crippen MR) is 63.6 cm³/mol. The van der Waals surface area contributed by atoms with Crippen LogP contribution in [0.3, 0.4) is 0 Å². The van der Waals surface area contributed by atoms with Crippen LogP contribution in [0.2, 0.25) is 0 Å². The lowest BCUT2D eigenvalue weighted by molar-refractivity contribution is 0.730. The maximum Gasteiger partial charge on any atom is 0.0457 e. The second-order valence-electron chi connectivity index (χ2n) is 3.68. The van der Waals surface area contributed by atoms with Crippen molar-refractivity contribution < 1.29 is 0 Å². The Balaban J connectivity index is 2.38. The van der Waals surface area contributed by atoms with Gasteiger partial charge in [0.1, 0.15) is 0 Å². The summed E-state index contributed by atoms with van der Waals surface area (Å²) in [4.78, 5) is 3.27. The molecule has 15 heavy (non-hydrogen) atoms. The summed E-state index contributed by atoms with van der Waals surface area (Å²) >= 11 is 0. The van der Waals surface area contributed by atoms with Gasteiger partial charge < -0.3 is 16.0 Å². The number of rotatable bonds is 4. The van der Waals surface area contributed by atoms with E-state index in [2.05, 4.69) is 41.6 Å². The Hall–Kier alpha value is -1.32. The molecule has 1 aromatic carbocycles. The van der Waals surface area contributed by atoms with E-state index in [1.807, 2.05) is 0 Å². The molecule has 0 amide bonds. The summed E-state index contributed by atoms with van der Waals surface area (Å²) < 4.78 is 0. The Morgan fingerprint density at radius 2 is 2.27 bits per heavy atom. The molecule has 0 bridgehead atoms. The molecule has 0 atom stereocenters. The second kappa shape index (κ2) is 4.47. The van der Waals surface area contributed by atoms with Crippen LogP contribution in [0.5, 0.6) is 0 Å². The normalized spacial score (nSPS) is 11.1. The first-order valence-electron chi connectivity index (χ1n) is 5.34. The average molecular weight is 203 g/mol. The Morgan fingerprint density at radius 1 is 1.40 bits per heavy atom. The lowest BCUT2D eigenvalue weighted by Crippen LogP contribution is -2.11. The van der Waals surface area contributed by atoms with E-state index in [9.17, 15) is 0 Å². The van der Waals surface area contributed by atoms with E-state index in [0.29, 0.717) is 6.54 Å². The highest BCUT2D eigenvalue weighted by molar-refractivity contribution is 5.83. The molecule has 80 valence electrons. The molecule has 1 aromatic heterocycles. The van der Waals surface area contributed by atoms with E-state index in [1.54, 1.807) is 0 Å². The van der Waals surface area contributed by atoms with Gasteiger partial charge in [-0.3, -0.25) is 0 Å². The highest BCUT2D eigenvalue weighted by Crippen LogP contribution is 2.19.